The van der Waals surface area contributed by atoms with Crippen molar-refractivity contribution in [3.05, 3.63) is 29.8 Å². The van der Waals surface area contributed by atoms with Crippen LogP contribution in [0.4, 0.5) is 0 Å². The average molecular weight is 420 g/mol. The molecule has 10 nitrogen and oxygen atoms in total. The second kappa shape index (κ2) is 7.92. The topological polar surface area (TPSA) is 158 Å². The number of rotatable bonds is 7. The predicted octanol–water partition coefficient (Wildman–Crippen LogP) is -1.44. The van der Waals surface area contributed by atoms with Crippen LogP contribution in [-0.2, 0) is 36.0 Å². The molecule has 0 radical (unpaired) electrons. The smallest absolute Gasteiger partial charge is 0.318 e. The summed E-state index contributed by atoms with van der Waals surface area (Å²) in [4.78, 5) is 21.8. The van der Waals surface area contributed by atoms with E-state index >= 15 is 0 Å². The Morgan fingerprint density at radius 2 is 1.81 bits per heavy atom. The van der Waals surface area contributed by atoms with Crippen LogP contribution < -0.4 is 5.32 Å². The maximum absolute atomic E-state index is 12.9. The predicted molar refractivity (Wildman–Crippen MR) is 93.9 cm³/mol. The number of sulfone groups is 1. The van der Waals surface area contributed by atoms with Crippen LogP contribution in [0.2, 0.25) is 0 Å². The number of aliphatic carboxylic acids is 1. The molecule has 1 saturated heterocycles. The lowest BCUT2D eigenvalue weighted by atomic mass is 10.2. The summed E-state index contributed by atoms with van der Waals surface area (Å²) in [6, 6.07) is 3.98. The fraction of sp³-hybridized carbons (Fsp3) is 0.467. The van der Waals surface area contributed by atoms with Gasteiger partial charge in [0.25, 0.3) is 0 Å². The Balaban J connectivity index is 2.34. The lowest BCUT2D eigenvalue weighted by Gasteiger charge is -2.27. The second-order valence-corrected chi connectivity index (χ2v) is 10.3. The van der Waals surface area contributed by atoms with Gasteiger partial charge in [-0.25, -0.2) is 16.8 Å². The summed E-state index contributed by atoms with van der Waals surface area (Å²) in [5.41, 5.74) is 0.623. The second-order valence-electron chi connectivity index (χ2n) is 6.21. The number of aliphatic hydroxyl groups excluding tert-OH is 1. The van der Waals surface area contributed by atoms with Gasteiger partial charge in [0.1, 0.15) is 6.54 Å². The first-order chi connectivity index (χ1) is 12.4. The molecule has 12 heteroatoms. The van der Waals surface area contributed by atoms with Gasteiger partial charge in [-0.3, -0.25) is 9.59 Å². The lowest BCUT2D eigenvalue weighted by molar-refractivity contribution is -0.137. The van der Waals surface area contributed by atoms with Crippen molar-refractivity contribution in [1.82, 2.24) is 9.62 Å². The van der Waals surface area contributed by atoms with E-state index in [9.17, 15) is 31.5 Å². The molecule has 1 aromatic rings. The van der Waals surface area contributed by atoms with Gasteiger partial charge in [-0.1, -0.05) is 12.1 Å². The van der Waals surface area contributed by atoms with Crippen molar-refractivity contribution in [2.24, 2.45) is 0 Å². The number of nitrogens with zero attached hydrogens (tertiary/aromatic N) is 1. The summed E-state index contributed by atoms with van der Waals surface area (Å²) >= 11 is 0. The standard InChI is InChI=1S/C15H20N2O8S2/c1-10(18)16-6-11-2-4-12(5-3-11)27(24,25)17(7-15(20)21)13-8-26(22,23)9-14(13)19/h2-5,13-14,19H,6-9H2,1H3,(H,16,18)(H,20,21)/t13-,14-/m1/s1. The van der Waals surface area contributed by atoms with Crippen LogP contribution in [0, 0.1) is 0 Å². The van der Waals surface area contributed by atoms with Gasteiger partial charge in [-0.2, -0.15) is 4.31 Å². The third-order valence-corrected chi connectivity index (χ3v) is 7.61. The highest BCUT2D eigenvalue weighted by molar-refractivity contribution is 7.92. The van der Waals surface area contributed by atoms with E-state index in [1.807, 2.05) is 0 Å². The van der Waals surface area contributed by atoms with Gasteiger partial charge < -0.3 is 15.5 Å². The van der Waals surface area contributed by atoms with E-state index in [4.69, 9.17) is 5.11 Å². The number of carbonyl (C=O) groups is 2. The van der Waals surface area contributed by atoms with Gasteiger partial charge in [0.05, 0.1) is 28.5 Å². The van der Waals surface area contributed by atoms with Gasteiger partial charge in [-0.05, 0) is 17.7 Å². The molecule has 0 unspecified atom stereocenters. The summed E-state index contributed by atoms with van der Waals surface area (Å²) in [6.07, 6.45) is -1.51. The van der Waals surface area contributed by atoms with Crippen molar-refractivity contribution in [1.29, 1.82) is 0 Å². The molecule has 1 aliphatic rings. The van der Waals surface area contributed by atoms with Gasteiger partial charge in [-0.15, -0.1) is 0 Å². The SMILES string of the molecule is CC(=O)NCc1ccc(S(=O)(=O)N(CC(=O)O)[C@@H]2CS(=O)(=O)C[C@H]2O)cc1. The minimum absolute atomic E-state index is 0.189. The van der Waals surface area contributed by atoms with Crippen molar-refractivity contribution in [3.63, 3.8) is 0 Å². The summed E-state index contributed by atoms with van der Waals surface area (Å²) in [6.45, 7) is 0.547. The molecular weight excluding hydrogens is 400 g/mol. The molecule has 1 amide bonds. The summed E-state index contributed by atoms with van der Waals surface area (Å²) in [5.74, 6) is -3.01. The van der Waals surface area contributed by atoms with Crippen LogP contribution in [0.25, 0.3) is 0 Å². The number of benzene rings is 1. The zero-order valence-electron chi connectivity index (χ0n) is 14.4. The summed E-state index contributed by atoms with van der Waals surface area (Å²) < 4.78 is 49.7. The number of nitrogens with one attached hydrogen (secondary N) is 1. The minimum Gasteiger partial charge on any atom is -0.480 e. The first-order valence-electron chi connectivity index (χ1n) is 7.88. The van der Waals surface area contributed by atoms with Crippen molar-refractivity contribution in [2.75, 3.05) is 18.1 Å². The van der Waals surface area contributed by atoms with Crippen molar-refractivity contribution in [3.8, 4) is 0 Å². The first-order valence-corrected chi connectivity index (χ1v) is 11.1. The Labute approximate surface area is 156 Å². The molecule has 2 rings (SSSR count). The van der Waals surface area contributed by atoms with E-state index in [1.54, 1.807) is 0 Å². The summed E-state index contributed by atoms with van der Waals surface area (Å²) in [5, 5.41) is 21.6. The molecule has 0 saturated carbocycles. The zero-order valence-corrected chi connectivity index (χ0v) is 16.0. The third-order valence-electron chi connectivity index (χ3n) is 4.03. The van der Waals surface area contributed by atoms with Crippen LogP contribution in [0.15, 0.2) is 29.2 Å². The molecule has 0 bridgehead atoms. The molecule has 0 aliphatic carbocycles. The monoisotopic (exact) mass is 420 g/mol. The molecule has 1 aliphatic heterocycles. The quantitative estimate of drug-likeness (QED) is 0.484. The Kier molecular flexibility index (Phi) is 6.24. The van der Waals surface area contributed by atoms with E-state index in [-0.39, 0.29) is 17.3 Å². The highest BCUT2D eigenvalue weighted by Crippen LogP contribution is 2.25. The molecule has 1 heterocycles. The molecule has 150 valence electrons. The van der Waals surface area contributed by atoms with Crippen LogP contribution >= 0.6 is 0 Å². The maximum Gasteiger partial charge on any atom is 0.318 e. The Morgan fingerprint density at radius 1 is 1.22 bits per heavy atom. The molecule has 27 heavy (non-hydrogen) atoms. The number of aliphatic hydroxyl groups is 1. The normalized spacial score (nSPS) is 21.9. The number of sulfonamides is 1. The maximum atomic E-state index is 12.9. The van der Waals surface area contributed by atoms with E-state index in [1.165, 1.54) is 31.2 Å². The summed E-state index contributed by atoms with van der Waals surface area (Å²) in [7, 11) is -8.05. The van der Waals surface area contributed by atoms with Gasteiger partial charge in [0.15, 0.2) is 9.84 Å². The van der Waals surface area contributed by atoms with Crippen LogP contribution in [0.3, 0.4) is 0 Å². The van der Waals surface area contributed by atoms with E-state index in [0.717, 1.165) is 0 Å². The number of amides is 1. The Bertz CT molecular complexity index is 925. The largest absolute Gasteiger partial charge is 0.480 e. The molecular formula is C15H20N2O8S2. The highest BCUT2D eigenvalue weighted by atomic mass is 32.2. The molecule has 0 aromatic heterocycles. The highest BCUT2D eigenvalue weighted by Gasteiger charge is 2.45. The van der Waals surface area contributed by atoms with Crippen LogP contribution in [0.1, 0.15) is 12.5 Å². The fourth-order valence-electron chi connectivity index (χ4n) is 2.74. The molecule has 0 spiro atoms. The van der Waals surface area contributed by atoms with Gasteiger partial charge in [0, 0.05) is 13.5 Å². The lowest BCUT2D eigenvalue weighted by Crippen LogP contribution is -2.48. The van der Waals surface area contributed by atoms with Crippen molar-refractivity contribution < 1.29 is 36.6 Å². The number of carboxylic acids is 1. The Hall–Kier alpha value is -2.02. The number of hydrogen-bond donors (Lipinski definition) is 3. The number of carbonyl (C=O) groups excluding carboxylic acids is 1. The zero-order chi connectivity index (χ0) is 20.4. The van der Waals surface area contributed by atoms with Gasteiger partial charge >= 0.3 is 5.97 Å². The van der Waals surface area contributed by atoms with Crippen molar-refractivity contribution >= 4 is 31.7 Å². The van der Waals surface area contributed by atoms with E-state index in [0.29, 0.717) is 9.87 Å². The number of hydrogen-bond acceptors (Lipinski definition) is 7. The average Bonchev–Trinajstić information content (AvgIpc) is 2.83. The van der Waals surface area contributed by atoms with Crippen LogP contribution in [0.5, 0.6) is 0 Å². The van der Waals surface area contributed by atoms with Gasteiger partial charge in [0.2, 0.25) is 15.9 Å². The third kappa shape index (κ3) is 5.25. The molecule has 2 atom stereocenters. The minimum atomic E-state index is -4.37. The molecule has 1 fully saturated rings. The Morgan fingerprint density at radius 3 is 2.26 bits per heavy atom. The van der Waals surface area contributed by atoms with E-state index in [2.05, 4.69) is 5.32 Å². The molecule has 3 N–H and O–H groups in total. The fourth-order valence-corrected chi connectivity index (χ4v) is 6.24. The number of carboxylic acid groups (broad SMARTS) is 1. The van der Waals surface area contributed by atoms with Crippen molar-refractivity contribution in [2.45, 2.75) is 30.5 Å². The molecule has 1 aromatic carbocycles. The van der Waals surface area contributed by atoms with Crippen LogP contribution in [-0.4, -0.2) is 73.4 Å². The first kappa shape index (κ1) is 21.3. The van der Waals surface area contributed by atoms with E-state index < -0.39 is 56.0 Å².